The molecule has 0 bridgehead atoms. The Kier molecular flexibility index (Phi) is 4.51. The number of ether oxygens (including phenoxy) is 1. The van der Waals surface area contributed by atoms with E-state index >= 15 is 0 Å². The van der Waals surface area contributed by atoms with Crippen LogP contribution in [0.2, 0.25) is 5.02 Å². The Morgan fingerprint density at radius 1 is 1.25 bits per heavy atom. The molecule has 0 unspecified atom stereocenters. The number of carbonyl (C=O) groups is 1. The van der Waals surface area contributed by atoms with E-state index in [1.54, 1.807) is 30.3 Å². The van der Waals surface area contributed by atoms with E-state index in [2.05, 4.69) is 22.6 Å². The highest BCUT2D eigenvalue weighted by Crippen LogP contribution is 2.29. The Morgan fingerprint density at radius 2 is 1.96 bits per heavy atom. The molecule has 0 radical (unpaired) electrons. The lowest BCUT2D eigenvalue weighted by Gasteiger charge is -2.16. The summed E-state index contributed by atoms with van der Waals surface area (Å²) in [6.45, 7) is 0. The van der Waals surface area contributed by atoms with E-state index < -0.39 is 11.5 Å². The summed E-state index contributed by atoms with van der Waals surface area (Å²) >= 11 is 8.41. The normalized spacial score (nSPS) is 10.8. The van der Waals surface area contributed by atoms with E-state index in [1.165, 1.54) is 11.7 Å². The molecule has 7 heteroatoms. The number of nitrogens with two attached hydrogens (primary N) is 1. The van der Waals surface area contributed by atoms with Crippen LogP contribution in [-0.4, -0.2) is 17.6 Å². The van der Waals surface area contributed by atoms with Gasteiger partial charge in [-0.15, -0.1) is 0 Å². The first kappa shape index (κ1) is 16.8. The van der Waals surface area contributed by atoms with Gasteiger partial charge in [0, 0.05) is 8.96 Å². The van der Waals surface area contributed by atoms with E-state index in [0.29, 0.717) is 21.6 Å². The van der Waals surface area contributed by atoms with E-state index in [0.717, 1.165) is 3.57 Å². The summed E-state index contributed by atoms with van der Waals surface area (Å²) in [5.41, 5.74) is 6.46. The molecule has 2 N–H and O–H groups in total. The summed E-state index contributed by atoms with van der Waals surface area (Å²) in [7, 11) is 1.21. The monoisotopic (exact) mass is 454 g/mol. The molecule has 0 fully saturated rings. The molecule has 2 aromatic carbocycles. The van der Waals surface area contributed by atoms with Crippen LogP contribution in [0.25, 0.3) is 16.6 Å². The third kappa shape index (κ3) is 2.65. The fraction of sp³-hybridized carbons (Fsp3) is 0.0588. The van der Waals surface area contributed by atoms with Gasteiger partial charge < -0.3 is 10.5 Å². The van der Waals surface area contributed by atoms with Crippen LogP contribution < -0.4 is 11.3 Å². The largest absolute Gasteiger partial charge is 0.465 e. The number of nitrogen functional groups attached to an aromatic ring is 1. The van der Waals surface area contributed by atoms with Crippen LogP contribution in [0.15, 0.2) is 47.3 Å². The fourth-order valence-electron chi connectivity index (χ4n) is 2.56. The predicted octanol–water partition coefficient (Wildman–Crippen LogP) is 3.62. The molecule has 1 heterocycles. The lowest BCUT2D eigenvalue weighted by Crippen LogP contribution is -2.28. The maximum absolute atomic E-state index is 13.0. The van der Waals surface area contributed by atoms with Gasteiger partial charge in [0.25, 0.3) is 5.56 Å². The first-order valence-corrected chi connectivity index (χ1v) is 8.38. The number of para-hydroxylation sites is 1. The SMILES string of the molecule is COC(=O)c1c(N)c2ccc(I)cc2n(-c2ccccc2Cl)c1=O. The fourth-order valence-corrected chi connectivity index (χ4v) is 3.26. The minimum Gasteiger partial charge on any atom is -0.465 e. The molecule has 1 aromatic heterocycles. The summed E-state index contributed by atoms with van der Waals surface area (Å²) in [4.78, 5) is 25.1. The average molecular weight is 455 g/mol. The highest BCUT2D eigenvalue weighted by atomic mass is 127. The molecule has 0 aliphatic rings. The van der Waals surface area contributed by atoms with Gasteiger partial charge in [-0.2, -0.15) is 0 Å². The van der Waals surface area contributed by atoms with Crippen molar-refractivity contribution >= 4 is 56.8 Å². The van der Waals surface area contributed by atoms with Crippen molar-refractivity contribution in [3.8, 4) is 5.69 Å². The van der Waals surface area contributed by atoms with Gasteiger partial charge in [0.05, 0.1) is 29.0 Å². The topological polar surface area (TPSA) is 74.3 Å². The number of rotatable bonds is 2. The van der Waals surface area contributed by atoms with Crippen molar-refractivity contribution in [2.45, 2.75) is 0 Å². The maximum Gasteiger partial charge on any atom is 0.345 e. The predicted molar refractivity (Wildman–Crippen MR) is 103 cm³/mol. The van der Waals surface area contributed by atoms with Gasteiger partial charge in [0.2, 0.25) is 0 Å². The lowest BCUT2D eigenvalue weighted by molar-refractivity contribution is 0.0600. The van der Waals surface area contributed by atoms with Crippen molar-refractivity contribution in [3.05, 3.63) is 67.0 Å². The van der Waals surface area contributed by atoms with Crippen LogP contribution in [0.1, 0.15) is 10.4 Å². The lowest BCUT2D eigenvalue weighted by atomic mass is 10.1. The highest BCUT2D eigenvalue weighted by molar-refractivity contribution is 14.1. The summed E-state index contributed by atoms with van der Waals surface area (Å²) in [6, 6.07) is 12.4. The molecule has 0 saturated carbocycles. The number of fused-ring (bicyclic) bond motifs is 1. The molecule has 0 amide bonds. The number of esters is 1. The molecule has 0 spiro atoms. The van der Waals surface area contributed by atoms with Gasteiger partial charge in [-0.3, -0.25) is 9.36 Å². The molecule has 0 aliphatic carbocycles. The van der Waals surface area contributed by atoms with Crippen molar-refractivity contribution in [1.82, 2.24) is 4.57 Å². The van der Waals surface area contributed by atoms with Gasteiger partial charge in [-0.1, -0.05) is 23.7 Å². The minimum atomic E-state index is -0.779. The molecule has 3 rings (SSSR count). The number of anilines is 1. The second-order valence-corrected chi connectivity index (χ2v) is 6.69. The highest BCUT2D eigenvalue weighted by Gasteiger charge is 2.23. The van der Waals surface area contributed by atoms with Gasteiger partial charge >= 0.3 is 5.97 Å². The third-order valence-electron chi connectivity index (χ3n) is 3.66. The summed E-state index contributed by atoms with van der Waals surface area (Å²) in [5.74, 6) is -0.779. The summed E-state index contributed by atoms with van der Waals surface area (Å²) < 4.78 is 7.04. The van der Waals surface area contributed by atoms with Crippen LogP contribution in [0.4, 0.5) is 5.69 Å². The van der Waals surface area contributed by atoms with E-state index in [-0.39, 0.29) is 11.3 Å². The van der Waals surface area contributed by atoms with Crippen molar-refractivity contribution in [2.24, 2.45) is 0 Å². The number of hydrogen-bond acceptors (Lipinski definition) is 4. The zero-order valence-corrected chi connectivity index (χ0v) is 15.5. The minimum absolute atomic E-state index is 0.0987. The third-order valence-corrected chi connectivity index (χ3v) is 4.65. The Bertz CT molecular complexity index is 1030. The number of hydrogen-bond donors (Lipinski definition) is 1. The van der Waals surface area contributed by atoms with Crippen LogP contribution >= 0.6 is 34.2 Å². The van der Waals surface area contributed by atoms with Gasteiger partial charge in [-0.25, -0.2) is 4.79 Å². The standard InChI is InChI=1S/C17H12ClIN2O3/c1-24-17(23)14-15(20)10-7-6-9(19)8-13(10)21(16(14)22)12-5-3-2-4-11(12)18/h2-8H,20H2,1H3. The number of pyridine rings is 1. The smallest absolute Gasteiger partial charge is 0.345 e. The number of aromatic nitrogens is 1. The number of nitrogens with zero attached hydrogens (tertiary/aromatic N) is 1. The molecule has 0 saturated heterocycles. The molecule has 24 heavy (non-hydrogen) atoms. The van der Waals surface area contributed by atoms with Crippen molar-refractivity contribution in [2.75, 3.05) is 12.8 Å². The first-order chi connectivity index (χ1) is 11.5. The molecule has 3 aromatic rings. The maximum atomic E-state index is 13.0. The van der Waals surface area contributed by atoms with Crippen LogP contribution in [0.5, 0.6) is 0 Å². The first-order valence-electron chi connectivity index (χ1n) is 6.92. The van der Waals surface area contributed by atoms with Crippen LogP contribution in [0, 0.1) is 3.57 Å². The molecular weight excluding hydrogens is 443 g/mol. The zero-order chi connectivity index (χ0) is 17.4. The molecule has 0 atom stereocenters. The second-order valence-electron chi connectivity index (χ2n) is 5.03. The average Bonchev–Trinajstić information content (AvgIpc) is 2.56. The number of methoxy groups -OCH3 is 1. The summed E-state index contributed by atoms with van der Waals surface area (Å²) in [5, 5.41) is 0.968. The molecule has 0 aliphatic heterocycles. The summed E-state index contributed by atoms with van der Waals surface area (Å²) in [6.07, 6.45) is 0. The Hall–Kier alpha value is -2.06. The Balaban J connectivity index is 2.56. The number of benzene rings is 2. The van der Waals surface area contributed by atoms with Crippen LogP contribution in [-0.2, 0) is 4.74 Å². The quantitative estimate of drug-likeness (QED) is 0.474. The molecular formula is C17H12ClIN2O3. The Labute approximate surface area is 156 Å². The van der Waals surface area contributed by atoms with Crippen molar-refractivity contribution < 1.29 is 9.53 Å². The molecule has 5 nitrogen and oxygen atoms in total. The van der Waals surface area contributed by atoms with E-state index in [1.807, 2.05) is 12.1 Å². The Morgan fingerprint density at radius 3 is 2.62 bits per heavy atom. The van der Waals surface area contributed by atoms with Crippen LogP contribution in [0.3, 0.4) is 0 Å². The van der Waals surface area contributed by atoms with E-state index in [9.17, 15) is 9.59 Å². The number of carbonyl (C=O) groups excluding carboxylic acids is 1. The van der Waals surface area contributed by atoms with Crippen molar-refractivity contribution in [3.63, 3.8) is 0 Å². The number of halogens is 2. The van der Waals surface area contributed by atoms with Crippen molar-refractivity contribution in [1.29, 1.82) is 0 Å². The van der Waals surface area contributed by atoms with E-state index in [4.69, 9.17) is 22.1 Å². The van der Waals surface area contributed by atoms with Gasteiger partial charge in [0.1, 0.15) is 5.56 Å². The van der Waals surface area contributed by atoms with Gasteiger partial charge in [-0.05, 0) is 52.9 Å². The van der Waals surface area contributed by atoms with Gasteiger partial charge in [0.15, 0.2) is 0 Å². The second kappa shape index (κ2) is 6.45. The zero-order valence-electron chi connectivity index (χ0n) is 12.5. The molecule has 122 valence electrons.